The summed E-state index contributed by atoms with van der Waals surface area (Å²) in [6, 6.07) is 5.74. The van der Waals surface area contributed by atoms with Gasteiger partial charge >= 0.3 is 5.97 Å². The van der Waals surface area contributed by atoms with Gasteiger partial charge in [0.2, 0.25) is 0 Å². The van der Waals surface area contributed by atoms with Crippen molar-refractivity contribution in [1.29, 1.82) is 0 Å². The lowest BCUT2D eigenvalue weighted by Gasteiger charge is -2.02. The molecule has 4 nitrogen and oxygen atoms in total. The highest BCUT2D eigenvalue weighted by molar-refractivity contribution is 14.1. The molecule has 0 radical (unpaired) electrons. The zero-order valence-corrected chi connectivity index (χ0v) is 12.6. The second-order valence-electron chi connectivity index (χ2n) is 4.41. The molecule has 3 rings (SSSR count). The van der Waals surface area contributed by atoms with Crippen molar-refractivity contribution in [2.75, 3.05) is 7.11 Å². The third kappa shape index (κ3) is 1.98. The van der Waals surface area contributed by atoms with Crippen molar-refractivity contribution in [2.24, 2.45) is 0 Å². The molecular formula is C14H11IN2O2. The number of methoxy groups -OCH3 is 1. The minimum absolute atomic E-state index is 0.331. The summed E-state index contributed by atoms with van der Waals surface area (Å²) >= 11 is 2.23. The van der Waals surface area contributed by atoms with E-state index in [2.05, 4.69) is 38.6 Å². The molecule has 0 aliphatic rings. The fraction of sp³-hybridized carbons (Fsp3) is 0.143. The van der Waals surface area contributed by atoms with Crippen LogP contribution in [0, 0.1) is 10.5 Å². The van der Waals surface area contributed by atoms with E-state index in [1.54, 1.807) is 6.07 Å². The lowest BCUT2D eigenvalue weighted by molar-refractivity contribution is 0.0601. The fourth-order valence-corrected chi connectivity index (χ4v) is 3.12. The first-order valence-electron chi connectivity index (χ1n) is 5.76. The van der Waals surface area contributed by atoms with E-state index in [4.69, 9.17) is 4.74 Å². The van der Waals surface area contributed by atoms with Crippen LogP contribution in [0.25, 0.3) is 21.9 Å². The normalized spacial score (nSPS) is 11.1. The Balaban J connectivity index is 2.38. The molecule has 5 heteroatoms. The quantitative estimate of drug-likeness (QED) is 0.531. The highest BCUT2D eigenvalue weighted by atomic mass is 127. The number of rotatable bonds is 1. The molecule has 0 aliphatic carbocycles. The van der Waals surface area contributed by atoms with E-state index in [1.165, 1.54) is 7.11 Å². The SMILES string of the molecule is COC(=O)c1cc(I)c2c(c1)[nH]c1ncc(C)cc12. The highest BCUT2D eigenvalue weighted by Gasteiger charge is 2.13. The number of ether oxygens (including phenoxy) is 1. The molecule has 0 saturated carbocycles. The average molecular weight is 366 g/mol. The van der Waals surface area contributed by atoms with Crippen molar-refractivity contribution < 1.29 is 9.53 Å². The Labute approximate surface area is 123 Å². The van der Waals surface area contributed by atoms with E-state index in [9.17, 15) is 4.79 Å². The third-order valence-corrected chi connectivity index (χ3v) is 3.91. The van der Waals surface area contributed by atoms with Gasteiger partial charge < -0.3 is 9.72 Å². The molecule has 0 unspecified atom stereocenters. The number of aromatic nitrogens is 2. The second kappa shape index (κ2) is 4.48. The first-order chi connectivity index (χ1) is 9.10. The molecule has 2 aromatic heterocycles. The van der Waals surface area contributed by atoms with Gasteiger partial charge in [-0.05, 0) is 53.3 Å². The van der Waals surface area contributed by atoms with Gasteiger partial charge in [-0.1, -0.05) is 0 Å². The van der Waals surface area contributed by atoms with Gasteiger partial charge in [-0.3, -0.25) is 0 Å². The number of hydrogen-bond donors (Lipinski definition) is 1. The van der Waals surface area contributed by atoms with Crippen molar-refractivity contribution in [3.8, 4) is 0 Å². The van der Waals surface area contributed by atoms with Gasteiger partial charge in [-0.2, -0.15) is 0 Å². The third-order valence-electron chi connectivity index (χ3n) is 3.06. The Morgan fingerprint density at radius 1 is 1.37 bits per heavy atom. The predicted octanol–water partition coefficient (Wildman–Crippen LogP) is 3.42. The molecule has 3 aromatic rings. The Morgan fingerprint density at radius 2 is 2.16 bits per heavy atom. The minimum Gasteiger partial charge on any atom is -0.465 e. The predicted molar refractivity (Wildman–Crippen MR) is 82.4 cm³/mol. The van der Waals surface area contributed by atoms with Crippen LogP contribution < -0.4 is 0 Å². The largest absolute Gasteiger partial charge is 0.465 e. The first-order valence-corrected chi connectivity index (χ1v) is 6.84. The molecule has 0 spiro atoms. The van der Waals surface area contributed by atoms with E-state index < -0.39 is 0 Å². The molecular weight excluding hydrogens is 355 g/mol. The van der Waals surface area contributed by atoms with Crippen molar-refractivity contribution >= 4 is 50.5 Å². The van der Waals surface area contributed by atoms with Crippen LogP contribution in [0.4, 0.5) is 0 Å². The van der Waals surface area contributed by atoms with Gasteiger partial charge in [0.1, 0.15) is 5.65 Å². The summed E-state index contributed by atoms with van der Waals surface area (Å²) in [5, 5.41) is 2.18. The Morgan fingerprint density at radius 3 is 2.89 bits per heavy atom. The molecule has 19 heavy (non-hydrogen) atoms. The maximum Gasteiger partial charge on any atom is 0.337 e. The van der Waals surface area contributed by atoms with Crippen LogP contribution in [0.5, 0.6) is 0 Å². The van der Waals surface area contributed by atoms with Gasteiger partial charge in [-0.25, -0.2) is 9.78 Å². The number of fused-ring (bicyclic) bond motifs is 3. The number of aromatic amines is 1. The van der Waals surface area contributed by atoms with E-state index in [-0.39, 0.29) is 5.97 Å². The van der Waals surface area contributed by atoms with E-state index >= 15 is 0 Å². The highest BCUT2D eigenvalue weighted by Crippen LogP contribution is 2.30. The van der Waals surface area contributed by atoms with Crippen molar-refractivity contribution in [1.82, 2.24) is 9.97 Å². The van der Waals surface area contributed by atoms with Crippen LogP contribution >= 0.6 is 22.6 Å². The molecule has 1 aromatic carbocycles. The molecule has 0 aliphatic heterocycles. The number of benzene rings is 1. The van der Waals surface area contributed by atoms with Gasteiger partial charge in [0.25, 0.3) is 0 Å². The summed E-state index contributed by atoms with van der Waals surface area (Å²) < 4.78 is 5.77. The van der Waals surface area contributed by atoms with Crippen LogP contribution in [0.1, 0.15) is 15.9 Å². The second-order valence-corrected chi connectivity index (χ2v) is 5.57. The maximum atomic E-state index is 11.6. The summed E-state index contributed by atoms with van der Waals surface area (Å²) in [6.45, 7) is 2.01. The first kappa shape index (κ1) is 12.4. The number of carbonyl (C=O) groups is 1. The number of nitrogens with zero attached hydrogens (tertiary/aromatic N) is 1. The summed E-state index contributed by atoms with van der Waals surface area (Å²) in [4.78, 5) is 19.2. The summed E-state index contributed by atoms with van der Waals surface area (Å²) in [5.41, 5.74) is 3.39. The maximum absolute atomic E-state index is 11.6. The molecule has 96 valence electrons. The number of H-pyrrole nitrogens is 1. The van der Waals surface area contributed by atoms with E-state index in [0.717, 1.165) is 31.1 Å². The Bertz CT molecular complexity index is 808. The molecule has 1 N–H and O–H groups in total. The van der Waals surface area contributed by atoms with Crippen molar-refractivity contribution in [2.45, 2.75) is 6.92 Å². The number of pyridine rings is 1. The van der Waals surface area contributed by atoms with Crippen LogP contribution in [-0.2, 0) is 4.74 Å². The smallest absolute Gasteiger partial charge is 0.337 e. The Kier molecular flexibility index (Phi) is 2.93. The number of halogens is 1. The monoisotopic (exact) mass is 366 g/mol. The fourth-order valence-electron chi connectivity index (χ4n) is 2.20. The van der Waals surface area contributed by atoms with E-state index in [1.807, 2.05) is 19.2 Å². The van der Waals surface area contributed by atoms with Crippen molar-refractivity contribution in [3.63, 3.8) is 0 Å². The molecule has 2 heterocycles. The zero-order valence-electron chi connectivity index (χ0n) is 10.5. The standard InChI is InChI=1S/C14H11IN2O2/c1-7-3-9-12-10(15)4-8(14(18)19-2)5-11(12)17-13(9)16-6-7/h3-6H,1-2H3,(H,16,17). The molecule has 0 amide bonds. The van der Waals surface area contributed by atoms with Gasteiger partial charge in [0.15, 0.2) is 0 Å². The number of hydrogen-bond acceptors (Lipinski definition) is 3. The van der Waals surface area contributed by atoms with Gasteiger partial charge in [0.05, 0.1) is 12.7 Å². The molecule has 0 saturated heterocycles. The number of esters is 1. The number of carbonyl (C=O) groups excluding carboxylic acids is 1. The summed E-state index contributed by atoms with van der Waals surface area (Å²) in [6.07, 6.45) is 1.83. The van der Waals surface area contributed by atoms with Crippen LogP contribution in [-0.4, -0.2) is 23.0 Å². The minimum atomic E-state index is -0.331. The summed E-state index contributed by atoms with van der Waals surface area (Å²) in [5.74, 6) is -0.331. The van der Waals surface area contributed by atoms with Crippen molar-refractivity contribution in [3.05, 3.63) is 39.1 Å². The van der Waals surface area contributed by atoms with Gasteiger partial charge in [-0.15, -0.1) is 0 Å². The average Bonchev–Trinajstić information content (AvgIpc) is 2.75. The van der Waals surface area contributed by atoms with Crippen LogP contribution in [0.2, 0.25) is 0 Å². The molecule has 0 fully saturated rings. The van der Waals surface area contributed by atoms with Gasteiger partial charge in [0, 0.05) is 26.1 Å². The topological polar surface area (TPSA) is 55.0 Å². The zero-order chi connectivity index (χ0) is 13.6. The number of aryl methyl sites for hydroxylation is 1. The van der Waals surface area contributed by atoms with E-state index in [0.29, 0.717) is 5.56 Å². The lowest BCUT2D eigenvalue weighted by atomic mass is 10.1. The Hall–Kier alpha value is -1.63. The molecule has 0 atom stereocenters. The summed E-state index contributed by atoms with van der Waals surface area (Å²) in [7, 11) is 1.38. The van der Waals surface area contributed by atoms with Crippen LogP contribution in [0.15, 0.2) is 24.4 Å². The lowest BCUT2D eigenvalue weighted by Crippen LogP contribution is -2.01. The van der Waals surface area contributed by atoms with Crippen LogP contribution in [0.3, 0.4) is 0 Å². The number of nitrogens with one attached hydrogen (secondary N) is 1. The molecule has 0 bridgehead atoms.